The van der Waals surface area contributed by atoms with E-state index >= 15 is 0 Å². The number of carbonyl (C=O) groups excluding carboxylic acids is 1. The average Bonchev–Trinajstić information content (AvgIpc) is 3.32. The fraction of sp³-hybridized carbons (Fsp3) is 0.316. The van der Waals surface area contributed by atoms with Gasteiger partial charge in [-0.05, 0) is 36.2 Å². The van der Waals surface area contributed by atoms with Gasteiger partial charge in [0.15, 0.2) is 0 Å². The highest BCUT2D eigenvalue weighted by atomic mass is 16.5. The Morgan fingerprint density at radius 1 is 1.13 bits per heavy atom. The molecule has 2 aromatic carbocycles. The largest absolute Gasteiger partial charge is 0.497 e. The van der Waals surface area contributed by atoms with Crippen molar-refractivity contribution >= 4 is 11.6 Å². The summed E-state index contributed by atoms with van der Waals surface area (Å²) < 4.78 is 10.9. The number of anilines is 1. The molecular formula is C19H19NO3. The molecule has 1 aliphatic heterocycles. The van der Waals surface area contributed by atoms with E-state index in [2.05, 4.69) is 6.07 Å². The van der Waals surface area contributed by atoms with Crippen molar-refractivity contribution in [3.8, 4) is 11.5 Å². The lowest BCUT2D eigenvalue weighted by Crippen LogP contribution is -2.29. The molecule has 1 saturated carbocycles. The van der Waals surface area contributed by atoms with Crippen molar-refractivity contribution in [2.45, 2.75) is 17.8 Å². The van der Waals surface area contributed by atoms with Crippen LogP contribution in [0.3, 0.4) is 0 Å². The second-order valence-corrected chi connectivity index (χ2v) is 6.22. The van der Waals surface area contributed by atoms with Gasteiger partial charge < -0.3 is 14.4 Å². The number of hydrogen-bond acceptors (Lipinski definition) is 3. The SMILES string of the molecule is COc1ccc(OC)c([C@H]2C[C@]23C(=O)N(C)c2ccccc23)c1. The second-order valence-electron chi connectivity index (χ2n) is 6.22. The molecule has 0 aromatic heterocycles. The molecule has 1 amide bonds. The summed E-state index contributed by atoms with van der Waals surface area (Å²) in [5, 5.41) is 0. The van der Waals surface area contributed by atoms with Crippen LogP contribution >= 0.6 is 0 Å². The summed E-state index contributed by atoms with van der Waals surface area (Å²) in [7, 11) is 5.17. The van der Waals surface area contributed by atoms with Gasteiger partial charge >= 0.3 is 0 Å². The first-order valence-corrected chi connectivity index (χ1v) is 7.73. The third kappa shape index (κ3) is 1.75. The molecule has 0 radical (unpaired) electrons. The number of carbonyl (C=O) groups is 1. The number of nitrogens with zero attached hydrogens (tertiary/aromatic N) is 1. The number of para-hydroxylation sites is 1. The van der Waals surface area contributed by atoms with Crippen molar-refractivity contribution in [1.29, 1.82) is 0 Å². The minimum atomic E-state index is -0.439. The van der Waals surface area contributed by atoms with Crippen molar-refractivity contribution in [2.24, 2.45) is 0 Å². The number of fused-ring (bicyclic) bond motifs is 2. The molecule has 4 nitrogen and oxygen atoms in total. The minimum Gasteiger partial charge on any atom is -0.497 e. The molecule has 0 saturated heterocycles. The van der Waals surface area contributed by atoms with Crippen molar-refractivity contribution in [3.05, 3.63) is 53.6 Å². The smallest absolute Gasteiger partial charge is 0.238 e. The fourth-order valence-electron chi connectivity index (χ4n) is 3.95. The molecule has 0 N–H and O–H groups in total. The normalized spacial score (nSPS) is 24.7. The average molecular weight is 309 g/mol. The van der Waals surface area contributed by atoms with Crippen molar-refractivity contribution < 1.29 is 14.3 Å². The summed E-state index contributed by atoms with van der Waals surface area (Å²) in [6, 6.07) is 13.9. The van der Waals surface area contributed by atoms with Crippen LogP contribution in [0.15, 0.2) is 42.5 Å². The van der Waals surface area contributed by atoms with Crippen LogP contribution in [0, 0.1) is 0 Å². The Hall–Kier alpha value is -2.49. The summed E-state index contributed by atoms with van der Waals surface area (Å²) in [5.74, 6) is 1.90. The maximum absolute atomic E-state index is 12.9. The number of methoxy groups -OCH3 is 2. The van der Waals surface area contributed by atoms with Gasteiger partial charge in [0.1, 0.15) is 11.5 Å². The van der Waals surface area contributed by atoms with Gasteiger partial charge in [-0.15, -0.1) is 0 Å². The molecule has 4 rings (SSSR count). The lowest BCUT2D eigenvalue weighted by Gasteiger charge is -2.14. The molecule has 1 fully saturated rings. The highest BCUT2D eigenvalue weighted by Crippen LogP contribution is 2.67. The van der Waals surface area contributed by atoms with E-state index in [-0.39, 0.29) is 11.8 Å². The fourth-order valence-corrected chi connectivity index (χ4v) is 3.95. The van der Waals surface area contributed by atoms with Crippen LogP contribution in [-0.4, -0.2) is 27.2 Å². The molecule has 0 bridgehead atoms. The Bertz CT molecular complexity index is 801. The molecule has 0 unspecified atom stereocenters. The lowest BCUT2D eigenvalue weighted by molar-refractivity contribution is -0.120. The zero-order chi connectivity index (χ0) is 16.2. The summed E-state index contributed by atoms with van der Waals surface area (Å²) in [4.78, 5) is 14.7. The number of rotatable bonds is 3. The third-order valence-electron chi connectivity index (χ3n) is 5.21. The first-order valence-electron chi connectivity index (χ1n) is 7.73. The number of amides is 1. The molecule has 2 aromatic rings. The summed E-state index contributed by atoms with van der Waals surface area (Å²) in [6.07, 6.45) is 0.816. The predicted octanol–water partition coefficient (Wildman–Crippen LogP) is 3.11. The first kappa shape index (κ1) is 14.1. The van der Waals surface area contributed by atoms with Crippen LogP contribution in [0.5, 0.6) is 11.5 Å². The van der Waals surface area contributed by atoms with E-state index in [0.717, 1.165) is 34.7 Å². The van der Waals surface area contributed by atoms with E-state index in [1.165, 1.54) is 0 Å². The Morgan fingerprint density at radius 3 is 2.65 bits per heavy atom. The van der Waals surface area contributed by atoms with E-state index in [1.54, 1.807) is 19.1 Å². The lowest BCUT2D eigenvalue weighted by atomic mass is 9.91. The monoisotopic (exact) mass is 309 g/mol. The molecule has 1 aliphatic carbocycles. The number of likely N-dealkylation sites (N-methyl/N-ethyl adjacent to an activating group) is 1. The second kappa shape index (κ2) is 4.75. The highest BCUT2D eigenvalue weighted by molar-refractivity contribution is 6.11. The Morgan fingerprint density at radius 2 is 1.91 bits per heavy atom. The van der Waals surface area contributed by atoms with Gasteiger partial charge in [-0.1, -0.05) is 18.2 Å². The van der Waals surface area contributed by atoms with Gasteiger partial charge in [-0.3, -0.25) is 4.79 Å². The zero-order valence-corrected chi connectivity index (χ0v) is 13.5. The number of ether oxygens (including phenoxy) is 2. The van der Waals surface area contributed by atoms with Gasteiger partial charge in [-0.25, -0.2) is 0 Å². The molecule has 4 heteroatoms. The van der Waals surface area contributed by atoms with Crippen LogP contribution in [-0.2, 0) is 10.2 Å². The highest BCUT2D eigenvalue weighted by Gasteiger charge is 2.67. The Labute approximate surface area is 135 Å². The molecule has 2 atom stereocenters. The molecule has 1 heterocycles. The summed E-state index contributed by atoms with van der Waals surface area (Å²) >= 11 is 0. The van der Waals surface area contributed by atoms with Gasteiger partial charge in [0.2, 0.25) is 5.91 Å². The molecule has 2 aliphatic rings. The Balaban J connectivity index is 1.82. The van der Waals surface area contributed by atoms with Gasteiger partial charge in [0.05, 0.1) is 19.6 Å². The van der Waals surface area contributed by atoms with E-state index in [4.69, 9.17) is 9.47 Å². The third-order valence-corrected chi connectivity index (χ3v) is 5.21. The summed E-state index contributed by atoms with van der Waals surface area (Å²) in [5.41, 5.74) is 2.75. The molecular weight excluding hydrogens is 290 g/mol. The quantitative estimate of drug-likeness (QED) is 0.874. The van der Waals surface area contributed by atoms with Gasteiger partial charge in [0, 0.05) is 24.2 Å². The summed E-state index contributed by atoms with van der Waals surface area (Å²) in [6.45, 7) is 0. The van der Waals surface area contributed by atoms with Crippen LogP contribution < -0.4 is 14.4 Å². The van der Waals surface area contributed by atoms with Crippen LogP contribution in [0.1, 0.15) is 23.5 Å². The maximum atomic E-state index is 12.9. The maximum Gasteiger partial charge on any atom is 0.238 e. The van der Waals surface area contributed by atoms with E-state index in [1.807, 2.05) is 43.4 Å². The number of hydrogen-bond donors (Lipinski definition) is 0. The van der Waals surface area contributed by atoms with Crippen molar-refractivity contribution in [3.63, 3.8) is 0 Å². The first-order chi connectivity index (χ1) is 11.1. The molecule has 1 spiro atoms. The van der Waals surface area contributed by atoms with E-state index in [9.17, 15) is 4.79 Å². The van der Waals surface area contributed by atoms with Crippen molar-refractivity contribution in [1.82, 2.24) is 0 Å². The van der Waals surface area contributed by atoms with Crippen LogP contribution in [0.25, 0.3) is 0 Å². The molecule has 23 heavy (non-hydrogen) atoms. The van der Waals surface area contributed by atoms with Crippen LogP contribution in [0.4, 0.5) is 5.69 Å². The zero-order valence-electron chi connectivity index (χ0n) is 13.5. The Kier molecular flexibility index (Phi) is 2.92. The van der Waals surface area contributed by atoms with E-state index < -0.39 is 5.41 Å². The van der Waals surface area contributed by atoms with Crippen molar-refractivity contribution in [2.75, 3.05) is 26.2 Å². The van der Waals surface area contributed by atoms with Crippen LogP contribution in [0.2, 0.25) is 0 Å². The molecule has 118 valence electrons. The minimum absolute atomic E-state index is 0.131. The predicted molar refractivity (Wildman–Crippen MR) is 88.4 cm³/mol. The number of benzene rings is 2. The standard InChI is InChI=1S/C19H19NO3/c1-20-16-7-5-4-6-14(16)19(18(20)21)11-15(19)13-10-12(22-2)8-9-17(13)23-3/h4-10,15H,11H2,1-3H3/t15-,19-/m1/s1. The topological polar surface area (TPSA) is 38.8 Å². The van der Waals surface area contributed by atoms with E-state index in [0.29, 0.717) is 0 Å². The van der Waals surface area contributed by atoms with Gasteiger partial charge in [-0.2, -0.15) is 0 Å². The van der Waals surface area contributed by atoms with Gasteiger partial charge in [0.25, 0.3) is 0 Å².